The largest absolute Gasteiger partial charge is 0.501 e. The molecule has 0 saturated carbocycles. The van der Waals surface area contributed by atoms with E-state index in [0.717, 1.165) is 91.6 Å². The van der Waals surface area contributed by atoms with E-state index < -0.39 is 26.1 Å². The Morgan fingerprint density at radius 1 is 0.855 bits per heavy atom. The van der Waals surface area contributed by atoms with Crippen LogP contribution in [0.4, 0.5) is 24.5 Å². The molecule has 2 heterocycles. The van der Waals surface area contributed by atoms with Crippen LogP contribution in [0.5, 0.6) is 0 Å². The number of sulfone groups is 1. The van der Waals surface area contributed by atoms with Crippen LogP contribution in [0.25, 0.3) is 5.57 Å². The Bertz CT molecular complexity index is 2350. The average molecular weight is 1030 g/mol. The standard InChI is InChI=1S/C41H44ClF3N4O3S3.C10H22N2.C2H6/c1-40(2)19-18-36(29-8-12-32(42)13-9-29)31(27-40)28-48-21-23-49(24-22-48)33-14-10-30(11-15-33)39(50)47-54-35-16-17-37(38(26-35)55(51,52)41(43,44)45)46-20-25-53-34-6-4-3-5-7-34;1-4-12-7-5-10(6-8-12)11-9(2)3;1-2/h3-17,26,46H,18-25,27-28H2,1-2H3,(H,47,50);9-11H,4-8H2,1-3H3;1-2H3. The molecule has 4 aromatic carbocycles. The molecule has 69 heavy (non-hydrogen) atoms. The molecule has 16 heteroatoms. The third kappa shape index (κ3) is 17.0. The first-order valence-electron chi connectivity index (χ1n) is 24.3. The predicted molar refractivity (Wildman–Crippen MR) is 285 cm³/mol. The number of alkyl halides is 3. The topological polar surface area (TPSA) is 97.0 Å². The number of likely N-dealkylation sites (tertiary alicyclic amines) is 1. The summed E-state index contributed by atoms with van der Waals surface area (Å²) in [5, 5.41) is 7.18. The number of hydrogen-bond donors (Lipinski definition) is 3. The van der Waals surface area contributed by atoms with E-state index in [1.165, 1.54) is 73.1 Å². The number of nitrogens with zero attached hydrogens (tertiary/aromatic N) is 3. The molecular formula is C53H72ClF3N6O3S3. The summed E-state index contributed by atoms with van der Waals surface area (Å²) in [5.74, 6) is 0.0441. The van der Waals surface area contributed by atoms with Gasteiger partial charge < -0.3 is 20.4 Å². The molecule has 1 amide bonds. The van der Waals surface area contributed by atoms with Gasteiger partial charge in [-0.25, -0.2) is 8.42 Å². The molecule has 2 saturated heterocycles. The van der Waals surface area contributed by atoms with Gasteiger partial charge in [-0.05, 0) is 147 Å². The number of thioether (sulfide) groups is 1. The number of rotatable bonds is 16. The second-order valence-corrected chi connectivity index (χ2v) is 22.9. The maximum absolute atomic E-state index is 13.7. The van der Waals surface area contributed by atoms with Crippen molar-refractivity contribution in [2.75, 3.05) is 74.9 Å². The lowest BCUT2D eigenvalue weighted by atomic mass is 9.73. The predicted octanol–water partition coefficient (Wildman–Crippen LogP) is 12.6. The molecule has 3 N–H and O–H groups in total. The molecule has 3 aliphatic rings. The first kappa shape index (κ1) is 56.2. The minimum absolute atomic E-state index is 0.141. The van der Waals surface area contributed by atoms with Crippen molar-refractivity contribution >= 4 is 68.0 Å². The molecule has 0 spiro atoms. The van der Waals surface area contributed by atoms with Gasteiger partial charge in [0.05, 0.1) is 5.69 Å². The Labute approximate surface area is 423 Å². The van der Waals surface area contributed by atoms with E-state index in [4.69, 9.17) is 11.6 Å². The summed E-state index contributed by atoms with van der Waals surface area (Å²) in [7, 11) is -5.67. The quantitative estimate of drug-likeness (QED) is 0.0572. The summed E-state index contributed by atoms with van der Waals surface area (Å²) in [6.07, 6.45) is 5.93. The van der Waals surface area contributed by atoms with Crippen molar-refractivity contribution in [3.8, 4) is 0 Å². The minimum Gasteiger partial charge on any atom is -0.383 e. The lowest BCUT2D eigenvalue weighted by molar-refractivity contribution is -0.0435. The van der Waals surface area contributed by atoms with Crippen LogP contribution in [0.15, 0.2) is 117 Å². The molecular weight excluding hydrogens is 957 g/mol. The number of piperazine rings is 1. The number of hydrogen-bond acceptors (Lipinski definition) is 10. The summed E-state index contributed by atoms with van der Waals surface area (Å²) in [6.45, 7) is 23.8. The zero-order valence-electron chi connectivity index (χ0n) is 41.3. The fraction of sp³-hybridized carbons (Fsp3) is 0.491. The van der Waals surface area contributed by atoms with Gasteiger partial charge in [0.1, 0.15) is 4.90 Å². The zero-order valence-corrected chi connectivity index (χ0v) is 44.5. The van der Waals surface area contributed by atoms with Crippen LogP contribution >= 0.6 is 35.3 Å². The fourth-order valence-electron chi connectivity index (χ4n) is 8.80. The molecule has 378 valence electrons. The molecule has 4 aromatic rings. The van der Waals surface area contributed by atoms with Crippen molar-refractivity contribution in [1.29, 1.82) is 0 Å². The normalized spacial score (nSPS) is 17.1. The molecule has 0 aromatic heterocycles. The number of carbonyl (C=O) groups is 1. The number of amides is 1. The van der Waals surface area contributed by atoms with Gasteiger partial charge in [0, 0.05) is 83.2 Å². The monoisotopic (exact) mass is 1030 g/mol. The smallest absolute Gasteiger partial charge is 0.383 e. The lowest BCUT2D eigenvalue weighted by Gasteiger charge is -2.39. The van der Waals surface area contributed by atoms with E-state index in [-0.39, 0.29) is 22.5 Å². The average Bonchev–Trinajstić information content (AvgIpc) is 3.33. The van der Waals surface area contributed by atoms with Crippen LogP contribution in [-0.4, -0.2) is 106 Å². The summed E-state index contributed by atoms with van der Waals surface area (Å²) >= 11 is 8.42. The van der Waals surface area contributed by atoms with Crippen molar-refractivity contribution in [3.63, 3.8) is 0 Å². The van der Waals surface area contributed by atoms with Crippen LogP contribution < -0.4 is 20.3 Å². The van der Waals surface area contributed by atoms with Gasteiger partial charge in [-0.1, -0.05) is 96.0 Å². The maximum atomic E-state index is 13.7. The van der Waals surface area contributed by atoms with Gasteiger partial charge in [0.2, 0.25) is 0 Å². The summed E-state index contributed by atoms with van der Waals surface area (Å²) in [4.78, 5) is 20.6. The van der Waals surface area contributed by atoms with Crippen molar-refractivity contribution < 1.29 is 26.4 Å². The molecule has 0 atom stereocenters. The van der Waals surface area contributed by atoms with Crippen LogP contribution in [0.3, 0.4) is 0 Å². The third-order valence-electron chi connectivity index (χ3n) is 12.5. The highest BCUT2D eigenvalue weighted by molar-refractivity contribution is 7.99. The third-order valence-corrected chi connectivity index (χ3v) is 16.1. The first-order chi connectivity index (χ1) is 32.9. The Hall–Kier alpha value is -3.70. The van der Waals surface area contributed by atoms with Crippen LogP contribution in [0.2, 0.25) is 5.02 Å². The summed E-state index contributed by atoms with van der Waals surface area (Å²) in [6, 6.07) is 30.0. The van der Waals surface area contributed by atoms with Gasteiger partial charge >= 0.3 is 5.51 Å². The highest BCUT2D eigenvalue weighted by atomic mass is 35.5. The molecule has 2 aliphatic heterocycles. The number of piperidine rings is 1. The summed E-state index contributed by atoms with van der Waals surface area (Å²) < 4.78 is 68.7. The lowest BCUT2D eigenvalue weighted by Crippen LogP contribution is -2.47. The van der Waals surface area contributed by atoms with Gasteiger partial charge in [-0.2, -0.15) is 13.2 Å². The maximum Gasteiger partial charge on any atom is 0.501 e. The van der Waals surface area contributed by atoms with Crippen LogP contribution in [-0.2, 0) is 9.84 Å². The molecule has 0 bridgehead atoms. The molecule has 9 nitrogen and oxygen atoms in total. The highest BCUT2D eigenvalue weighted by Gasteiger charge is 2.48. The minimum atomic E-state index is -5.67. The number of anilines is 2. The number of carbonyl (C=O) groups excluding carboxylic acids is 1. The highest BCUT2D eigenvalue weighted by Crippen LogP contribution is 2.43. The van der Waals surface area contributed by atoms with Gasteiger partial charge in [-0.3, -0.25) is 14.4 Å². The summed E-state index contributed by atoms with van der Waals surface area (Å²) in [5.41, 5.74) is 0.177. The van der Waals surface area contributed by atoms with Crippen molar-refractivity contribution in [2.24, 2.45) is 5.41 Å². The Morgan fingerprint density at radius 2 is 1.51 bits per heavy atom. The van der Waals surface area contributed by atoms with Crippen molar-refractivity contribution in [3.05, 3.63) is 119 Å². The molecule has 0 unspecified atom stereocenters. The number of allylic oxidation sites excluding steroid dienone is 1. The van der Waals surface area contributed by atoms with E-state index in [1.807, 2.05) is 68.4 Å². The number of benzene rings is 4. The van der Waals surface area contributed by atoms with E-state index in [2.05, 4.69) is 76.8 Å². The van der Waals surface area contributed by atoms with Gasteiger partial charge in [0.15, 0.2) is 0 Å². The molecule has 1 aliphatic carbocycles. The second-order valence-electron chi connectivity index (χ2n) is 18.5. The molecule has 0 radical (unpaired) electrons. The first-order valence-corrected chi connectivity index (χ1v) is 27.9. The number of halogens is 4. The molecule has 2 fully saturated rings. The second kappa shape index (κ2) is 26.7. The fourth-order valence-corrected chi connectivity index (χ4v) is 11.4. The van der Waals surface area contributed by atoms with Gasteiger partial charge in [0.25, 0.3) is 15.7 Å². The van der Waals surface area contributed by atoms with Crippen molar-refractivity contribution in [2.45, 2.75) is 113 Å². The van der Waals surface area contributed by atoms with E-state index in [0.29, 0.717) is 17.4 Å². The van der Waals surface area contributed by atoms with E-state index >= 15 is 0 Å². The van der Waals surface area contributed by atoms with Crippen LogP contribution in [0.1, 0.15) is 96.5 Å². The zero-order chi connectivity index (χ0) is 50.2. The number of nitrogens with one attached hydrogen (secondary N) is 3. The Balaban J connectivity index is 0.000000549. The van der Waals surface area contributed by atoms with Gasteiger partial charge in [-0.15, -0.1) is 11.8 Å². The van der Waals surface area contributed by atoms with E-state index in [9.17, 15) is 26.4 Å². The Morgan fingerprint density at radius 3 is 2.12 bits per heavy atom. The Kier molecular flexibility index (Phi) is 21.7. The molecule has 7 rings (SSSR count). The van der Waals surface area contributed by atoms with Crippen LogP contribution in [0, 0.1) is 5.41 Å². The SMILES string of the molecule is CC.CC1(C)CCC(c2ccc(Cl)cc2)=C(CN2CCN(c3ccc(C(=O)NSc4ccc(NCCSc5ccccc5)c(S(=O)(=O)C(F)(F)F)c4)cc3)CC2)C1.CCN1CCC(NC(C)C)CC1. The van der Waals surface area contributed by atoms with E-state index in [1.54, 1.807) is 12.1 Å². The van der Waals surface area contributed by atoms with Crippen molar-refractivity contribution in [1.82, 2.24) is 19.8 Å².